The highest BCUT2D eigenvalue weighted by Crippen LogP contribution is 2.80. The van der Waals surface area contributed by atoms with Gasteiger partial charge in [-0.25, -0.2) is 4.79 Å². The molecule has 14 nitrogen and oxygen atoms in total. The number of esters is 4. The largest absolute Gasteiger partial charge is 0.459 e. The first-order chi connectivity index (χ1) is 22.2. The molecule has 5 saturated carbocycles. The molecule has 8 rings (SSSR count). The molecule has 2 N–H and O–H groups in total. The SMILES string of the molecule is CC(=O)O[C@H]1C2C(C(=O)C(=O)[C@H]3C[C@@H]4O[C@@H]4[C@H](OC(C)=O)[C@]23C)[C@@H]2[C@@H](O)[C@@H]3[C@H](C(C)[C@H]4O[C@]45OC(=O)[C@@](C)(O)[C@]35C)[C@@]2(C)[C@H]1OC(C)=O. The van der Waals surface area contributed by atoms with E-state index in [0.29, 0.717) is 0 Å². The summed E-state index contributed by atoms with van der Waals surface area (Å²) in [6, 6.07) is 0. The fourth-order valence-electron chi connectivity index (χ4n) is 12.6. The molecule has 0 bridgehead atoms. The van der Waals surface area contributed by atoms with Gasteiger partial charge in [-0.3, -0.25) is 24.0 Å². The van der Waals surface area contributed by atoms with E-state index >= 15 is 0 Å². The van der Waals surface area contributed by atoms with E-state index in [1.807, 2.05) is 6.92 Å². The van der Waals surface area contributed by atoms with Crippen LogP contribution in [0.25, 0.3) is 0 Å². The van der Waals surface area contributed by atoms with Crippen molar-refractivity contribution < 1.29 is 67.4 Å². The van der Waals surface area contributed by atoms with Gasteiger partial charge in [-0.15, -0.1) is 0 Å². The molecular formula is C34H42O14. The highest BCUT2D eigenvalue weighted by molar-refractivity contribution is 6.40. The van der Waals surface area contributed by atoms with Crippen LogP contribution in [-0.4, -0.2) is 99.8 Å². The second-order valence-electron chi connectivity index (χ2n) is 16.4. The van der Waals surface area contributed by atoms with Gasteiger partial charge in [-0.05, 0) is 32.1 Å². The summed E-state index contributed by atoms with van der Waals surface area (Å²) in [5.74, 6) is -12.6. The number of ketones is 2. The number of carbonyl (C=O) groups excluding carboxylic acids is 6. The Hall–Kier alpha value is -2.94. The van der Waals surface area contributed by atoms with Crippen molar-refractivity contribution >= 4 is 35.4 Å². The third-order valence-electron chi connectivity index (χ3n) is 14.5. The van der Waals surface area contributed by atoms with Crippen LogP contribution in [0.5, 0.6) is 0 Å². The van der Waals surface area contributed by atoms with Crippen LogP contribution >= 0.6 is 0 Å². The molecule has 1 spiro atoms. The normalized spacial score (nSPS) is 58.1. The van der Waals surface area contributed by atoms with Crippen LogP contribution in [0.4, 0.5) is 0 Å². The smallest absolute Gasteiger partial charge is 0.341 e. The standard InChI is InChI=1S/C34H42O14/c1-10-17-20(32(7)33(8,42)29(41)48-34(32)26(10)47-34)23(40)18-16-19(25(43-11(2)35)28(31(17,18)6)45-13(4)37)30(5)14(21(38)22(16)39)9-15-24(46-15)27(30)44-12(3)36/h10,14-20,23-28,40,42H,9H2,1-8H3/t10?,14-,15+,16?,17+,18-,19?,20+,23-,24+,25+,26-,27+,28+,30+,31-,32+,33-,34+/m1/s1. The zero-order chi connectivity index (χ0) is 35.0. The van der Waals surface area contributed by atoms with Crippen LogP contribution in [0.2, 0.25) is 0 Å². The van der Waals surface area contributed by atoms with E-state index < -0.39 is 147 Å². The van der Waals surface area contributed by atoms with Crippen molar-refractivity contribution in [1.82, 2.24) is 0 Å². The number of rotatable bonds is 3. The van der Waals surface area contributed by atoms with E-state index in [1.165, 1.54) is 27.7 Å². The van der Waals surface area contributed by atoms with Gasteiger partial charge < -0.3 is 38.6 Å². The number of aliphatic hydroxyl groups excluding tert-OH is 1. The van der Waals surface area contributed by atoms with Crippen LogP contribution in [0.15, 0.2) is 0 Å². The van der Waals surface area contributed by atoms with Crippen molar-refractivity contribution in [1.29, 1.82) is 0 Å². The van der Waals surface area contributed by atoms with Crippen LogP contribution in [0.1, 0.15) is 61.8 Å². The molecule has 5 aliphatic carbocycles. The van der Waals surface area contributed by atoms with Crippen LogP contribution < -0.4 is 0 Å². The number of ether oxygens (including phenoxy) is 6. The Morgan fingerprint density at radius 1 is 0.812 bits per heavy atom. The number of epoxide rings is 2. The van der Waals surface area contributed by atoms with Gasteiger partial charge in [0.05, 0.1) is 17.6 Å². The van der Waals surface area contributed by atoms with Gasteiger partial charge in [0, 0.05) is 61.2 Å². The third kappa shape index (κ3) is 3.34. The number of hydrogen-bond donors (Lipinski definition) is 2. The number of carbonyl (C=O) groups is 6. The highest BCUT2D eigenvalue weighted by Gasteiger charge is 2.93. The molecule has 8 aliphatic rings. The van der Waals surface area contributed by atoms with Gasteiger partial charge in [-0.1, -0.05) is 20.8 Å². The average molecular weight is 675 g/mol. The van der Waals surface area contributed by atoms with Gasteiger partial charge in [0.15, 0.2) is 5.60 Å². The van der Waals surface area contributed by atoms with Crippen molar-refractivity contribution in [3.8, 4) is 0 Å². The van der Waals surface area contributed by atoms with Crippen molar-refractivity contribution in [2.24, 2.45) is 57.7 Å². The topological polar surface area (TPSA) is 205 Å². The molecule has 0 aromatic carbocycles. The molecule has 14 heteroatoms. The predicted octanol–water partition coefficient (Wildman–Crippen LogP) is 0.261. The summed E-state index contributed by atoms with van der Waals surface area (Å²) in [7, 11) is 0. The number of Topliss-reactive ketones (excluding diaryl/α,β-unsaturated/α-hetero) is 2. The molecule has 262 valence electrons. The van der Waals surface area contributed by atoms with E-state index in [0.717, 1.165) is 0 Å². The lowest BCUT2D eigenvalue weighted by Gasteiger charge is -2.63. The zero-order valence-electron chi connectivity index (χ0n) is 28.1. The summed E-state index contributed by atoms with van der Waals surface area (Å²) in [5, 5.41) is 24.6. The van der Waals surface area contributed by atoms with Gasteiger partial charge in [0.1, 0.15) is 30.5 Å². The van der Waals surface area contributed by atoms with Crippen molar-refractivity contribution in [2.75, 3.05) is 0 Å². The summed E-state index contributed by atoms with van der Waals surface area (Å²) in [5.41, 5.74) is -6.40. The lowest BCUT2D eigenvalue weighted by molar-refractivity contribution is -0.255. The van der Waals surface area contributed by atoms with Crippen molar-refractivity contribution in [2.45, 2.75) is 116 Å². The maximum absolute atomic E-state index is 14.6. The first-order valence-corrected chi connectivity index (χ1v) is 16.8. The minimum Gasteiger partial charge on any atom is -0.459 e. The molecule has 19 atom stereocenters. The van der Waals surface area contributed by atoms with Crippen LogP contribution in [-0.2, 0) is 57.2 Å². The van der Waals surface area contributed by atoms with Gasteiger partial charge >= 0.3 is 23.9 Å². The average Bonchev–Trinajstić information content (AvgIpc) is 3.88. The Labute approximate surface area is 276 Å². The second kappa shape index (κ2) is 9.23. The maximum atomic E-state index is 14.6. The molecular weight excluding hydrogens is 632 g/mol. The maximum Gasteiger partial charge on any atom is 0.341 e. The Balaban J connectivity index is 1.38. The van der Waals surface area contributed by atoms with Crippen LogP contribution in [0, 0.1) is 57.7 Å². The quantitative estimate of drug-likeness (QED) is 0.178. The Morgan fingerprint density at radius 3 is 2.02 bits per heavy atom. The molecule has 0 amide bonds. The Bertz CT molecular complexity index is 1590. The molecule has 3 aliphatic heterocycles. The van der Waals surface area contributed by atoms with E-state index in [9.17, 15) is 39.0 Å². The lowest BCUT2D eigenvalue weighted by atomic mass is 9.41. The highest BCUT2D eigenvalue weighted by atomic mass is 16.8. The fourth-order valence-corrected chi connectivity index (χ4v) is 12.6. The first kappa shape index (κ1) is 32.3. The molecule has 0 radical (unpaired) electrons. The first-order valence-electron chi connectivity index (χ1n) is 16.8. The Kier molecular flexibility index (Phi) is 6.21. The van der Waals surface area contributed by atoms with E-state index in [4.69, 9.17) is 28.4 Å². The summed E-state index contributed by atoms with van der Waals surface area (Å²) in [4.78, 5) is 80.7. The lowest BCUT2D eigenvalue weighted by Crippen LogP contribution is -2.74. The molecule has 8 fully saturated rings. The van der Waals surface area contributed by atoms with E-state index in [2.05, 4.69) is 0 Å². The van der Waals surface area contributed by atoms with Crippen molar-refractivity contribution in [3.05, 3.63) is 0 Å². The van der Waals surface area contributed by atoms with Gasteiger partial charge in [-0.2, -0.15) is 0 Å². The fraction of sp³-hybridized carbons (Fsp3) is 0.824. The summed E-state index contributed by atoms with van der Waals surface area (Å²) >= 11 is 0. The monoisotopic (exact) mass is 674 g/mol. The number of hydrogen-bond acceptors (Lipinski definition) is 14. The second-order valence-corrected chi connectivity index (χ2v) is 16.4. The molecule has 0 aromatic heterocycles. The summed E-state index contributed by atoms with van der Waals surface area (Å²) < 4.78 is 35.9. The van der Waals surface area contributed by atoms with E-state index in [1.54, 1.807) is 20.8 Å². The minimum atomic E-state index is -2.13. The number of aliphatic hydroxyl groups is 2. The van der Waals surface area contributed by atoms with Gasteiger partial charge in [0.2, 0.25) is 17.4 Å². The Morgan fingerprint density at radius 2 is 1.42 bits per heavy atom. The summed E-state index contributed by atoms with van der Waals surface area (Å²) in [6.07, 6.45) is -6.60. The molecule has 0 aromatic rings. The molecule has 3 heterocycles. The van der Waals surface area contributed by atoms with Gasteiger partial charge in [0.25, 0.3) is 0 Å². The summed E-state index contributed by atoms with van der Waals surface area (Å²) in [6.45, 7) is 11.9. The predicted molar refractivity (Wildman–Crippen MR) is 155 cm³/mol. The van der Waals surface area contributed by atoms with E-state index in [-0.39, 0.29) is 6.42 Å². The zero-order valence-corrected chi connectivity index (χ0v) is 28.1. The third-order valence-corrected chi connectivity index (χ3v) is 14.5. The molecule has 48 heavy (non-hydrogen) atoms. The van der Waals surface area contributed by atoms with Crippen LogP contribution in [0.3, 0.4) is 0 Å². The molecule has 3 saturated heterocycles. The molecule has 3 unspecified atom stereocenters. The number of fused-ring (bicyclic) bond motifs is 9. The van der Waals surface area contributed by atoms with Crippen molar-refractivity contribution in [3.63, 3.8) is 0 Å². The minimum absolute atomic E-state index is 0.173.